The van der Waals surface area contributed by atoms with Crippen molar-refractivity contribution in [3.63, 3.8) is 0 Å². The average molecular weight is 390 g/mol. The van der Waals surface area contributed by atoms with Crippen LogP contribution in [0.1, 0.15) is 26.4 Å². The molecular weight excluding hydrogens is 379 g/mol. The molecule has 0 radical (unpaired) electrons. The highest BCUT2D eigenvalue weighted by atomic mass is 79.9. The standard InChI is InChI=1S/C15H11BrF3NO3/c1-23-14(22)11-6-7-13(16)20(11)8-12(21)9-2-4-10(5-3-9)15(17,18)19/h2-7H,8H2,1H3. The molecule has 0 unspecified atom stereocenters. The Balaban J connectivity index is 2.23. The van der Waals surface area contributed by atoms with E-state index < -0.39 is 23.5 Å². The molecule has 0 aliphatic rings. The second kappa shape index (κ2) is 6.57. The fraction of sp³-hybridized carbons (Fsp3) is 0.200. The first-order chi connectivity index (χ1) is 10.7. The molecule has 8 heteroatoms. The number of carbonyl (C=O) groups excluding carboxylic acids is 2. The molecule has 0 fully saturated rings. The summed E-state index contributed by atoms with van der Waals surface area (Å²) >= 11 is 3.21. The van der Waals surface area contributed by atoms with Gasteiger partial charge < -0.3 is 9.30 Å². The highest BCUT2D eigenvalue weighted by molar-refractivity contribution is 9.10. The Hall–Kier alpha value is -2.09. The summed E-state index contributed by atoms with van der Waals surface area (Å²) < 4.78 is 44.0. The number of rotatable bonds is 4. The van der Waals surface area contributed by atoms with Gasteiger partial charge in [0.05, 0.1) is 23.8 Å². The SMILES string of the molecule is COC(=O)c1ccc(Br)n1CC(=O)c1ccc(C(F)(F)F)cc1. The Labute approximate surface area is 138 Å². The molecule has 23 heavy (non-hydrogen) atoms. The summed E-state index contributed by atoms with van der Waals surface area (Å²) in [6.07, 6.45) is -4.46. The van der Waals surface area contributed by atoms with Gasteiger partial charge in [0.25, 0.3) is 0 Å². The molecule has 0 aliphatic heterocycles. The monoisotopic (exact) mass is 389 g/mol. The summed E-state index contributed by atoms with van der Waals surface area (Å²) in [4.78, 5) is 23.8. The molecule has 0 atom stereocenters. The number of Topliss-reactive ketones (excluding diaryl/α,β-unsaturated/α-hetero) is 1. The zero-order valence-electron chi connectivity index (χ0n) is 11.9. The number of alkyl halides is 3. The van der Waals surface area contributed by atoms with Gasteiger partial charge in [-0.2, -0.15) is 13.2 Å². The number of aromatic nitrogens is 1. The van der Waals surface area contributed by atoms with Gasteiger partial charge >= 0.3 is 12.1 Å². The second-order valence-corrected chi connectivity index (χ2v) is 5.43. The van der Waals surface area contributed by atoms with E-state index >= 15 is 0 Å². The number of hydrogen-bond acceptors (Lipinski definition) is 3. The van der Waals surface area contributed by atoms with Gasteiger partial charge in [0, 0.05) is 5.56 Å². The molecule has 1 aromatic heterocycles. The predicted octanol–water partition coefficient (Wildman–Crippen LogP) is 3.94. The van der Waals surface area contributed by atoms with Crippen molar-refractivity contribution in [1.82, 2.24) is 4.57 Å². The molecule has 0 amide bonds. The molecule has 2 aromatic rings. The Morgan fingerprint density at radius 1 is 1.13 bits per heavy atom. The van der Waals surface area contributed by atoms with Crippen LogP contribution in [-0.2, 0) is 17.5 Å². The van der Waals surface area contributed by atoms with Crippen LogP contribution in [0.2, 0.25) is 0 Å². The van der Waals surface area contributed by atoms with Crippen molar-refractivity contribution in [2.75, 3.05) is 7.11 Å². The molecule has 0 spiro atoms. The molecule has 0 N–H and O–H groups in total. The van der Waals surface area contributed by atoms with E-state index in [9.17, 15) is 22.8 Å². The van der Waals surface area contributed by atoms with E-state index in [4.69, 9.17) is 0 Å². The number of nitrogens with zero attached hydrogens (tertiary/aromatic N) is 1. The Bertz CT molecular complexity index is 735. The first-order valence-electron chi connectivity index (χ1n) is 6.38. The predicted molar refractivity (Wildman–Crippen MR) is 79.2 cm³/mol. The highest BCUT2D eigenvalue weighted by Crippen LogP contribution is 2.29. The number of ketones is 1. The van der Waals surface area contributed by atoms with E-state index in [1.807, 2.05) is 0 Å². The minimum Gasteiger partial charge on any atom is -0.464 e. The maximum Gasteiger partial charge on any atom is 0.416 e. The molecule has 4 nitrogen and oxygen atoms in total. The van der Waals surface area contributed by atoms with Gasteiger partial charge in [0.1, 0.15) is 5.69 Å². The van der Waals surface area contributed by atoms with Gasteiger partial charge in [-0.1, -0.05) is 12.1 Å². The van der Waals surface area contributed by atoms with E-state index in [-0.39, 0.29) is 17.8 Å². The number of carbonyl (C=O) groups is 2. The Morgan fingerprint density at radius 3 is 2.26 bits per heavy atom. The third-order valence-electron chi connectivity index (χ3n) is 3.16. The topological polar surface area (TPSA) is 48.3 Å². The van der Waals surface area contributed by atoms with Crippen molar-refractivity contribution < 1.29 is 27.5 Å². The number of esters is 1. The molecule has 0 saturated heterocycles. The minimum absolute atomic E-state index is 0.120. The summed E-state index contributed by atoms with van der Waals surface area (Å²) in [6.45, 7) is -0.205. The van der Waals surface area contributed by atoms with Gasteiger partial charge in [-0.15, -0.1) is 0 Å². The van der Waals surface area contributed by atoms with Crippen molar-refractivity contribution in [3.05, 3.63) is 57.8 Å². The van der Waals surface area contributed by atoms with Crippen molar-refractivity contribution in [1.29, 1.82) is 0 Å². The summed E-state index contributed by atoms with van der Waals surface area (Å²) in [5, 5.41) is 0. The lowest BCUT2D eigenvalue weighted by Crippen LogP contribution is -2.17. The molecule has 2 rings (SSSR count). The molecule has 0 saturated carbocycles. The maximum absolute atomic E-state index is 12.5. The maximum atomic E-state index is 12.5. The van der Waals surface area contributed by atoms with E-state index in [1.165, 1.54) is 17.7 Å². The number of hydrogen-bond donors (Lipinski definition) is 0. The van der Waals surface area contributed by atoms with E-state index in [1.54, 1.807) is 6.07 Å². The van der Waals surface area contributed by atoms with Crippen LogP contribution in [0.15, 0.2) is 41.0 Å². The molecule has 122 valence electrons. The number of methoxy groups -OCH3 is 1. The van der Waals surface area contributed by atoms with Gasteiger partial charge in [0.2, 0.25) is 0 Å². The molecule has 1 heterocycles. The van der Waals surface area contributed by atoms with Crippen LogP contribution in [0.3, 0.4) is 0 Å². The Morgan fingerprint density at radius 2 is 1.74 bits per heavy atom. The first kappa shape index (κ1) is 17.3. The van der Waals surface area contributed by atoms with Crippen LogP contribution >= 0.6 is 15.9 Å². The van der Waals surface area contributed by atoms with Crippen molar-refractivity contribution >= 4 is 27.7 Å². The third kappa shape index (κ3) is 3.82. The van der Waals surface area contributed by atoms with Gasteiger partial charge in [0.15, 0.2) is 5.78 Å². The fourth-order valence-corrected chi connectivity index (χ4v) is 2.41. The van der Waals surface area contributed by atoms with Gasteiger partial charge in [-0.25, -0.2) is 4.79 Å². The van der Waals surface area contributed by atoms with Crippen LogP contribution in [0, 0.1) is 0 Å². The normalized spacial score (nSPS) is 11.3. The molecule has 1 aromatic carbocycles. The Kier molecular flexibility index (Phi) is 4.93. The molecular formula is C15H11BrF3NO3. The number of benzene rings is 1. The van der Waals surface area contributed by atoms with Crippen LogP contribution < -0.4 is 0 Å². The van der Waals surface area contributed by atoms with Crippen LogP contribution in [0.5, 0.6) is 0 Å². The van der Waals surface area contributed by atoms with Crippen LogP contribution in [0.25, 0.3) is 0 Å². The van der Waals surface area contributed by atoms with E-state index in [0.717, 1.165) is 24.3 Å². The lowest BCUT2D eigenvalue weighted by Gasteiger charge is -2.10. The fourth-order valence-electron chi connectivity index (χ4n) is 1.97. The summed E-state index contributed by atoms with van der Waals surface area (Å²) in [7, 11) is 1.21. The van der Waals surface area contributed by atoms with Gasteiger partial charge in [-0.05, 0) is 40.2 Å². The van der Waals surface area contributed by atoms with Crippen molar-refractivity contribution in [2.24, 2.45) is 0 Å². The number of ether oxygens (including phenoxy) is 1. The quantitative estimate of drug-likeness (QED) is 0.587. The van der Waals surface area contributed by atoms with Gasteiger partial charge in [-0.3, -0.25) is 4.79 Å². The zero-order chi connectivity index (χ0) is 17.2. The second-order valence-electron chi connectivity index (χ2n) is 4.62. The summed E-state index contributed by atoms with van der Waals surface area (Å²) in [6, 6.07) is 6.97. The van der Waals surface area contributed by atoms with Crippen LogP contribution in [0.4, 0.5) is 13.2 Å². The first-order valence-corrected chi connectivity index (χ1v) is 7.17. The summed E-state index contributed by atoms with van der Waals surface area (Å²) in [5.41, 5.74) is -0.541. The molecule has 0 aliphatic carbocycles. The minimum atomic E-state index is -4.46. The average Bonchev–Trinajstić information content (AvgIpc) is 2.87. The largest absolute Gasteiger partial charge is 0.464 e. The van der Waals surface area contributed by atoms with E-state index in [0.29, 0.717) is 4.60 Å². The smallest absolute Gasteiger partial charge is 0.416 e. The zero-order valence-corrected chi connectivity index (χ0v) is 13.4. The summed E-state index contributed by atoms with van der Waals surface area (Å²) in [5.74, 6) is -1.04. The van der Waals surface area contributed by atoms with Crippen molar-refractivity contribution in [3.8, 4) is 0 Å². The number of halogens is 4. The third-order valence-corrected chi connectivity index (χ3v) is 3.85. The van der Waals surface area contributed by atoms with E-state index in [2.05, 4.69) is 20.7 Å². The highest BCUT2D eigenvalue weighted by Gasteiger charge is 2.30. The lowest BCUT2D eigenvalue weighted by molar-refractivity contribution is -0.137. The van der Waals surface area contributed by atoms with Crippen LogP contribution in [-0.4, -0.2) is 23.4 Å². The molecule has 0 bridgehead atoms. The van der Waals surface area contributed by atoms with Crippen molar-refractivity contribution in [2.45, 2.75) is 12.7 Å². The lowest BCUT2D eigenvalue weighted by atomic mass is 10.1.